The molecule has 0 amide bonds. The molecule has 40 heteroatoms. The van der Waals surface area contributed by atoms with Crippen LogP contribution in [0.25, 0.3) is 0 Å². The minimum atomic E-state index is -4.40. The minimum absolute atomic E-state index is 0.000205. The molecule has 0 atom stereocenters. The lowest BCUT2D eigenvalue weighted by Gasteiger charge is -2.31. The van der Waals surface area contributed by atoms with Gasteiger partial charge in [-0.15, -0.1) is 0 Å². The molecule has 13 aromatic rings. The van der Waals surface area contributed by atoms with E-state index in [9.17, 15) is 52.7 Å². The highest BCUT2D eigenvalue weighted by Crippen LogP contribution is 2.41. The van der Waals surface area contributed by atoms with Crippen molar-refractivity contribution in [2.24, 2.45) is 0 Å². The molecule has 4 N–H and O–H groups in total. The van der Waals surface area contributed by atoms with Crippen LogP contribution in [-0.2, 0) is 117 Å². The molecule has 0 bridgehead atoms. The first-order valence-electron chi connectivity index (χ1n) is 42.5. The third-order valence-corrected chi connectivity index (χ3v) is 22.7. The number of nitrogens with zero attached hydrogens (tertiary/aromatic N) is 16. The van der Waals surface area contributed by atoms with Crippen molar-refractivity contribution in [2.45, 2.75) is 149 Å². The molecule has 12 heterocycles. The molecule has 4 aliphatic heterocycles. The summed E-state index contributed by atoms with van der Waals surface area (Å²) in [7, 11) is 0. The number of halogens is 16. The number of alkyl halides is 12. The molecule has 1 fully saturated rings. The number of hydrogen-bond acceptors (Lipinski definition) is 24. The SMILES string of the molecule is CC(C)OCc1nc2c(c(Nc3ccc(C(F)(F)F)cc3)n1)CCN(c1ncccc1Cl)C2.CCOCc1nc2c(c(Nc3ccc(C(F)(F)F)cc3)n1)CCN(c1ncccc1Cl)C2.FC(F)(F)c1ccc(Nc2nc(COC3CC3)nc3c2CCN(c2ncccc2Cl)C3)cc1.FC(F)(F)c1ccc(Nc2nc(COc3ccccc3)nc3c2CCN(c2ncccc2Cl)C3)cc1. The predicted molar refractivity (Wildman–Crippen MR) is 487 cm³/mol. The number of rotatable bonds is 24. The van der Waals surface area contributed by atoms with Crippen LogP contribution in [0.15, 0.2) is 201 Å². The Morgan fingerprint density at radius 1 is 0.351 bits per heavy atom. The van der Waals surface area contributed by atoms with Gasteiger partial charge in [0.1, 0.15) is 78.7 Å². The first kappa shape index (κ1) is 96.0. The van der Waals surface area contributed by atoms with E-state index in [0.717, 1.165) is 106 Å². The minimum Gasteiger partial charge on any atom is -0.486 e. The second kappa shape index (κ2) is 42.8. The van der Waals surface area contributed by atoms with E-state index < -0.39 is 47.0 Å². The maximum Gasteiger partial charge on any atom is 0.416 e. The van der Waals surface area contributed by atoms with E-state index in [1.807, 2.05) is 65.8 Å². The second-order valence-corrected chi connectivity index (χ2v) is 33.1. The summed E-state index contributed by atoms with van der Waals surface area (Å²) in [5.41, 5.74) is 6.06. The average Bonchev–Trinajstić information content (AvgIpc) is 1.02. The summed E-state index contributed by atoms with van der Waals surface area (Å²) in [5, 5.41) is 14.9. The van der Waals surface area contributed by atoms with Crippen molar-refractivity contribution in [3.8, 4) is 5.75 Å². The van der Waals surface area contributed by atoms with E-state index in [4.69, 9.17) is 80.3 Å². The standard InChI is InChI=1S/C26H21ClF3N5O.C23H21ClF3N5O.C23H23ClF3N5O.C22H21ClF3N5O/c27-21-7-4-13-31-25(21)35-14-12-20-22(15-35)33-23(16-36-19-5-2-1-3-6-19)34-24(20)32-18-10-8-17(9-11-18)26(28,29)30;24-18-2-1-10-28-22(18)32-11-9-17-19(12-32)30-20(13-33-16-7-8-16)31-21(17)29-15-5-3-14(4-6-15)23(25,26)27;1-14(2)33-13-20-30-19-12-32(22-18(24)4-3-10-28-22)11-9-17(19)21(31-20)29-16-7-5-15(6-8-16)23(25,26)27;1-2-32-13-19-29-18-12-31(21-17(23)4-3-10-27-21)11-9-16(18)20(30-19)28-15-7-5-14(6-8-15)22(24,25)26/h1-11,13H,12,14-16H2,(H,32,33,34);1-6,10,16H,7-9,11-13H2,(H,29,30,31);3-8,10,14H,9,11-13H2,1-2H3,(H,29,30,31);3-8,10H,2,9,11-13H2,1H3,(H,28,29,30). The third-order valence-electron chi connectivity index (χ3n) is 21.6. The molecule has 5 aliphatic rings. The highest BCUT2D eigenvalue weighted by molar-refractivity contribution is 6.34. The van der Waals surface area contributed by atoms with Gasteiger partial charge in [-0.2, -0.15) is 52.7 Å². The van der Waals surface area contributed by atoms with Gasteiger partial charge in [0.15, 0.2) is 23.3 Å². The fraction of sp³-hybridized carbons (Fsp3) is 0.298. The molecule has 0 radical (unpaired) electrons. The zero-order chi connectivity index (χ0) is 94.4. The van der Waals surface area contributed by atoms with Crippen LogP contribution >= 0.6 is 46.4 Å². The van der Waals surface area contributed by atoms with E-state index in [1.54, 1.807) is 73.3 Å². The van der Waals surface area contributed by atoms with Crippen molar-refractivity contribution >= 4 is 116 Å². The van der Waals surface area contributed by atoms with Gasteiger partial charge < -0.3 is 59.8 Å². The number of anilines is 12. The number of hydrogen-bond donors (Lipinski definition) is 4. The fourth-order valence-corrected chi connectivity index (χ4v) is 15.8. The van der Waals surface area contributed by atoms with Crippen molar-refractivity contribution in [1.82, 2.24) is 59.8 Å². The number of fused-ring (bicyclic) bond motifs is 4. The third kappa shape index (κ3) is 25.3. The highest BCUT2D eigenvalue weighted by Gasteiger charge is 2.36. The molecule has 0 unspecified atom stereocenters. The summed E-state index contributed by atoms with van der Waals surface area (Å²) in [6.45, 7) is 11.6. The number of ether oxygens (including phenoxy) is 4. The van der Waals surface area contributed by atoms with Gasteiger partial charge in [-0.3, -0.25) is 0 Å². The van der Waals surface area contributed by atoms with Crippen molar-refractivity contribution in [3.05, 3.63) is 311 Å². The topological polar surface area (TPSA) is 253 Å². The lowest BCUT2D eigenvalue weighted by atomic mass is 10.0. The van der Waals surface area contributed by atoms with Gasteiger partial charge in [-0.25, -0.2) is 59.8 Å². The van der Waals surface area contributed by atoms with Crippen LogP contribution < -0.4 is 45.6 Å². The van der Waals surface area contributed by atoms with Gasteiger partial charge in [0.2, 0.25) is 0 Å². The van der Waals surface area contributed by atoms with Crippen molar-refractivity contribution in [1.29, 1.82) is 0 Å². The summed E-state index contributed by atoms with van der Waals surface area (Å²) >= 11 is 25.4. The lowest BCUT2D eigenvalue weighted by Crippen LogP contribution is -2.33. The molecule has 134 heavy (non-hydrogen) atoms. The van der Waals surface area contributed by atoms with Gasteiger partial charge >= 0.3 is 24.7 Å². The van der Waals surface area contributed by atoms with Crippen LogP contribution in [0.4, 0.5) is 122 Å². The van der Waals surface area contributed by atoms with Crippen LogP contribution in [0.1, 0.15) is 124 Å². The first-order chi connectivity index (χ1) is 64.3. The zero-order valence-electron chi connectivity index (χ0n) is 72.0. The average molecular weight is 1930 g/mol. The summed E-state index contributed by atoms with van der Waals surface area (Å²) in [4.78, 5) is 63.1. The molecule has 24 nitrogen and oxygen atoms in total. The Kier molecular flexibility index (Phi) is 30.6. The Balaban J connectivity index is 0.000000136. The smallest absolute Gasteiger partial charge is 0.416 e. The maximum absolute atomic E-state index is 13.0. The van der Waals surface area contributed by atoms with Crippen molar-refractivity contribution < 1.29 is 71.6 Å². The second-order valence-electron chi connectivity index (χ2n) is 31.5. The summed E-state index contributed by atoms with van der Waals surface area (Å²) in [5.74, 6) is 7.62. The summed E-state index contributed by atoms with van der Waals surface area (Å²) in [6, 6.07) is 43.1. The van der Waals surface area contributed by atoms with Gasteiger partial charge in [-0.05, 0) is 217 Å². The van der Waals surface area contributed by atoms with E-state index in [-0.39, 0.29) is 38.6 Å². The maximum atomic E-state index is 13.0. The Morgan fingerprint density at radius 2 is 0.634 bits per heavy atom. The van der Waals surface area contributed by atoms with Crippen LogP contribution in [0.2, 0.25) is 20.1 Å². The number of nitrogens with one attached hydrogen (secondary N) is 4. The molecule has 0 saturated heterocycles. The molecule has 5 aromatic carbocycles. The summed E-state index contributed by atoms with van der Waals surface area (Å²) < 4.78 is 178. The normalized spacial score (nSPS) is 14.2. The van der Waals surface area contributed by atoms with Crippen molar-refractivity contribution in [3.63, 3.8) is 0 Å². The molecule has 698 valence electrons. The fourth-order valence-electron chi connectivity index (χ4n) is 14.8. The van der Waals surface area contributed by atoms with Crippen LogP contribution in [0, 0.1) is 0 Å². The van der Waals surface area contributed by atoms with Crippen LogP contribution in [0.3, 0.4) is 0 Å². The molecule has 8 aromatic heterocycles. The van der Waals surface area contributed by atoms with E-state index in [0.29, 0.717) is 203 Å². The summed E-state index contributed by atoms with van der Waals surface area (Å²) in [6.07, 6.45) is -5.97. The quantitative estimate of drug-likeness (QED) is 0.0410. The Morgan fingerprint density at radius 3 is 0.903 bits per heavy atom. The number of aromatic nitrogens is 12. The van der Waals surface area contributed by atoms with Gasteiger partial charge in [0.05, 0.1) is 104 Å². The number of benzene rings is 5. The van der Waals surface area contributed by atoms with Gasteiger partial charge in [-0.1, -0.05) is 64.6 Å². The lowest BCUT2D eigenvalue weighted by molar-refractivity contribution is -0.138. The van der Waals surface area contributed by atoms with Crippen molar-refractivity contribution in [2.75, 3.05) is 73.7 Å². The largest absolute Gasteiger partial charge is 0.486 e. The Hall–Kier alpha value is -12.6. The monoisotopic (exact) mass is 1930 g/mol. The first-order valence-corrected chi connectivity index (χ1v) is 44.0. The molecule has 18 rings (SSSR count). The highest BCUT2D eigenvalue weighted by atomic mass is 35.5. The van der Waals surface area contributed by atoms with E-state index >= 15 is 0 Å². The Labute approximate surface area is 782 Å². The van der Waals surface area contributed by atoms with Gasteiger partial charge in [0, 0.05) is 103 Å². The Bertz CT molecular complexity index is 6030. The molecular formula is C94H86Cl4F12N20O4. The van der Waals surface area contributed by atoms with E-state index in [2.05, 4.69) is 71.0 Å². The number of pyridine rings is 4. The number of para-hydroxylation sites is 1. The van der Waals surface area contributed by atoms with E-state index in [1.165, 1.54) is 48.5 Å². The molecule has 1 aliphatic carbocycles. The molecule has 0 spiro atoms. The van der Waals surface area contributed by atoms with Gasteiger partial charge in [0.25, 0.3) is 0 Å². The predicted octanol–water partition coefficient (Wildman–Crippen LogP) is 23.1. The van der Waals surface area contributed by atoms with Crippen LogP contribution in [0.5, 0.6) is 5.75 Å². The molecular weight excluding hydrogens is 1840 g/mol. The molecule has 1 saturated carbocycles. The van der Waals surface area contributed by atoms with Crippen LogP contribution in [-0.4, -0.2) is 105 Å². The zero-order valence-corrected chi connectivity index (χ0v) is 75.0.